The number of phenols is 1. The smallest absolute Gasteiger partial charge is 0.319 e. The molecule has 1 fully saturated rings. The van der Waals surface area contributed by atoms with E-state index in [1.807, 2.05) is 0 Å². The summed E-state index contributed by atoms with van der Waals surface area (Å²) in [6.45, 7) is 0. The number of pyridine rings is 1. The number of anilines is 3. The third-order valence-corrected chi connectivity index (χ3v) is 4.13. The third-order valence-electron chi connectivity index (χ3n) is 4.13. The van der Waals surface area contributed by atoms with Crippen molar-refractivity contribution in [3.8, 4) is 5.75 Å². The lowest BCUT2D eigenvalue weighted by atomic mass is 9.96. The Labute approximate surface area is 141 Å². The fourth-order valence-corrected chi connectivity index (χ4v) is 2.88. The molecule has 0 spiro atoms. The molecule has 0 unspecified atom stereocenters. The second kappa shape index (κ2) is 7.68. The fraction of sp³-hybridized carbons (Fsp3) is 0.333. The number of nitrogens with one attached hydrogen (secondary N) is 3. The maximum absolute atomic E-state index is 12.2. The molecule has 4 N–H and O–H groups in total. The van der Waals surface area contributed by atoms with Crippen molar-refractivity contribution in [3.63, 3.8) is 0 Å². The first-order valence-electron chi connectivity index (χ1n) is 8.29. The Kier molecular flexibility index (Phi) is 5.15. The summed E-state index contributed by atoms with van der Waals surface area (Å²) in [7, 11) is 0. The molecule has 1 heterocycles. The zero-order chi connectivity index (χ0) is 16.8. The highest BCUT2D eigenvalue weighted by molar-refractivity contribution is 5.93. The zero-order valence-electron chi connectivity index (χ0n) is 13.5. The van der Waals surface area contributed by atoms with E-state index in [2.05, 4.69) is 20.9 Å². The number of urea groups is 1. The van der Waals surface area contributed by atoms with Crippen LogP contribution in [0.25, 0.3) is 0 Å². The quantitative estimate of drug-likeness (QED) is 0.640. The third kappa shape index (κ3) is 4.38. The van der Waals surface area contributed by atoms with Gasteiger partial charge in [-0.15, -0.1) is 0 Å². The lowest BCUT2D eigenvalue weighted by Crippen LogP contribution is -2.39. The molecular weight excluding hydrogens is 304 g/mol. The number of nitrogens with zero attached hydrogens (tertiary/aromatic N) is 1. The maximum atomic E-state index is 12.2. The molecule has 1 aliphatic rings. The van der Waals surface area contributed by atoms with Crippen molar-refractivity contribution in [2.24, 2.45) is 0 Å². The van der Waals surface area contributed by atoms with Gasteiger partial charge in [-0.25, -0.2) is 9.78 Å². The van der Waals surface area contributed by atoms with Gasteiger partial charge in [-0.1, -0.05) is 19.3 Å². The minimum absolute atomic E-state index is 0.201. The standard InChI is InChI=1S/C18H22N4O2/c23-15-10-8-14(9-11-15)20-17-16(7-4-12-19-17)22-18(24)21-13-5-2-1-3-6-13/h4,7-13,23H,1-3,5-6H2,(H,19,20)(H2,21,22,24). The molecule has 6 heteroatoms. The summed E-state index contributed by atoms with van der Waals surface area (Å²) in [5, 5.41) is 18.4. The normalized spacial score (nSPS) is 14.8. The van der Waals surface area contributed by atoms with Gasteiger partial charge in [0.05, 0.1) is 5.69 Å². The van der Waals surface area contributed by atoms with Crippen LogP contribution in [0.15, 0.2) is 42.6 Å². The lowest BCUT2D eigenvalue weighted by molar-refractivity contribution is 0.244. The SMILES string of the molecule is O=C(Nc1cccnc1Nc1ccc(O)cc1)NC1CCCCC1. The molecule has 1 aliphatic carbocycles. The van der Waals surface area contributed by atoms with Crippen molar-refractivity contribution in [2.75, 3.05) is 10.6 Å². The summed E-state index contributed by atoms with van der Waals surface area (Å²) in [5.41, 5.74) is 1.39. The number of hydrogen-bond donors (Lipinski definition) is 4. The van der Waals surface area contributed by atoms with Gasteiger partial charge in [-0.2, -0.15) is 0 Å². The number of aromatic nitrogens is 1. The number of amides is 2. The second-order valence-corrected chi connectivity index (χ2v) is 6.00. The van der Waals surface area contributed by atoms with Crippen molar-refractivity contribution in [1.29, 1.82) is 0 Å². The average Bonchev–Trinajstić information content (AvgIpc) is 2.59. The number of aromatic hydroxyl groups is 1. The van der Waals surface area contributed by atoms with Crippen LogP contribution in [-0.2, 0) is 0 Å². The van der Waals surface area contributed by atoms with Crippen LogP contribution in [0.4, 0.5) is 22.0 Å². The number of benzene rings is 1. The molecule has 0 saturated heterocycles. The molecule has 24 heavy (non-hydrogen) atoms. The van der Waals surface area contributed by atoms with Gasteiger partial charge in [-0.3, -0.25) is 0 Å². The molecule has 2 amide bonds. The molecule has 0 radical (unpaired) electrons. The van der Waals surface area contributed by atoms with Crippen molar-refractivity contribution in [1.82, 2.24) is 10.3 Å². The van der Waals surface area contributed by atoms with E-state index in [-0.39, 0.29) is 17.8 Å². The highest BCUT2D eigenvalue weighted by Crippen LogP contribution is 2.24. The molecule has 1 saturated carbocycles. The summed E-state index contributed by atoms with van der Waals surface area (Å²) < 4.78 is 0. The monoisotopic (exact) mass is 326 g/mol. The minimum Gasteiger partial charge on any atom is -0.508 e. The van der Waals surface area contributed by atoms with E-state index in [1.165, 1.54) is 19.3 Å². The number of hydrogen-bond acceptors (Lipinski definition) is 4. The Morgan fingerprint density at radius 1 is 1.08 bits per heavy atom. The first-order chi connectivity index (χ1) is 11.7. The molecule has 126 valence electrons. The van der Waals surface area contributed by atoms with Crippen LogP contribution in [0.3, 0.4) is 0 Å². The molecule has 0 aliphatic heterocycles. The summed E-state index contributed by atoms with van der Waals surface area (Å²) in [5.74, 6) is 0.758. The van der Waals surface area contributed by atoms with Crippen LogP contribution in [0.1, 0.15) is 32.1 Å². The predicted molar refractivity (Wildman–Crippen MR) is 94.7 cm³/mol. The Morgan fingerprint density at radius 2 is 1.83 bits per heavy atom. The van der Waals surface area contributed by atoms with Crippen molar-refractivity contribution in [3.05, 3.63) is 42.6 Å². The Balaban J connectivity index is 1.64. The first kappa shape index (κ1) is 16.1. The Bertz CT molecular complexity index is 682. The number of carbonyl (C=O) groups is 1. The minimum atomic E-state index is -0.205. The van der Waals surface area contributed by atoms with Crippen LogP contribution in [0, 0.1) is 0 Å². The van der Waals surface area contributed by atoms with Crippen LogP contribution >= 0.6 is 0 Å². The second-order valence-electron chi connectivity index (χ2n) is 6.00. The van der Waals surface area contributed by atoms with Crippen molar-refractivity contribution < 1.29 is 9.90 Å². The van der Waals surface area contributed by atoms with Gasteiger partial charge in [0.15, 0.2) is 5.82 Å². The summed E-state index contributed by atoms with van der Waals surface area (Å²) in [4.78, 5) is 16.5. The van der Waals surface area contributed by atoms with Gasteiger partial charge < -0.3 is 21.1 Å². The fourth-order valence-electron chi connectivity index (χ4n) is 2.88. The number of phenolic OH excluding ortho intramolecular Hbond substituents is 1. The molecule has 0 atom stereocenters. The van der Waals surface area contributed by atoms with E-state index in [0.29, 0.717) is 11.5 Å². The number of rotatable bonds is 4. The van der Waals surface area contributed by atoms with Crippen molar-refractivity contribution in [2.45, 2.75) is 38.1 Å². The van der Waals surface area contributed by atoms with Gasteiger partial charge in [0.25, 0.3) is 0 Å². The highest BCUT2D eigenvalue weighted by atomic mass is 16.3. The zero-order valence-corrected chi connectivity index (χ0v) is 13.5. The summed E-state index contributed by atoms with van der Waals surface area (Å²) in [6, 6.07) is 10.3. The van der Waals surface area contributed by atoms with Gasteiger partial charge in [0.1, 0.15) is 5.75 Å². The van der Waals surface area contributed by atoms with Crippen LogP contribution in [0.5, 0.6) is 5.75 Å². The topological polar surface area (TPSA) is 86.3 Å². The molecule has 2 aromatic rings. The van der Waals surface area contributed by atoms with Gasteiger partial charge >= 0.3 is 6.03 Å². The van der Waals surface area contributed by atoms with Gasteiger partial charge in [0, 0.05) is 17.9 Å². The van der Waals surface area contributed by atoms with E-state index in [0.717, 1.165) is 18.5 Å². The van der Waals surface area contributed by atoms with E-state index < -0.39 is 0 Å². The molecular formula is C18H22N4O2. The molecule has 3 rings (SSSR count). The Hall–Kier alpha value is -2.76. The summed E-state index contributed by atoms with van der Waals surface area (Å²) in [6.07, 6.45) is 7.34. The van der Waals surface area contributed by atoms with Gasteiger partial charge in [-0.05, 0) is 49.2 Å². The first-order valence-corrected chi connectivity index (χ1v) is 8.29. The maximum Gasteiger partial charge on any atom is 0.319 e. The van der Waals surface area contributed by atoms with Crippen LogP contribution in [0.2, 0.25) is 0 Å². The lowest BCUT2D eigenvalue weighted by Gasteiger charge is -2.23. The molecule has 6 nitrogen and oxygen atoms in total. The largest absolute Gasteiger partial charge is 0.508 e. The van der Waals surface area contributed by atoms with E-state index in [1.54, 1.807) is 42.6 Å². The molecule has 1 aromatic carbocycles. The van der Waals surface area contributed by atoms with Crippen LogP contribution in [-0.4, -0.2) is 22.2 Å². The van der Waals surface area contributed by atoms with E-state index >= 15 is 0 Å². The van der Waals surface area contributed by atoms with Gasteiger partial charge in [0.2, 0.25) is 0 Å². The Morgan fingerprint density at radius 3 is 2.58 bits per heavy atom. The van der Waals surface area contributed by atoms with Crippen molar-refractivity contribution >= 4 is 23.2 Å². The number of carbonyl (C=O) groups excluding carboxylic acids is 1. The van der Waals surface area contributed by atoms with E-state index in [4.69, 9.17) is 0 Å². The predicted octanol–water partition coefficient (Wildman–Crippen LogP) is 3.99. The summed E-state index contributed by atoms with van der Waals surface area (Å²) >= 11 is 0. The van der Waals surface area contributed by atoms with Crippen LogP contribution < -0.4 is 16.0 Å². The molecule has 1 aromatic heterocycles. The average molecular weight is 326 g/mol. The molecule has 0 bridgehead atoms. The van der Waals surface area contributed by atoms with E-state index in [9.17, 15) is 9.90 Å². The highest BCUT2D eigenvalue weighted by Gasteiger charge is 2.16.